The molecule has 1 heterocycles. The van der Waals surface area contributed by atoms with Crippen LogP contribution in [0.4, 0.5) is 4.39 Å². The minimum atomic E-state index is -0.177. The maximum atomic E-state index is 13.6. The van der Waals surface area contributed by atoms with E-state index in [0.29, 0.717) is 5.91 Å². The van der Waals surface area contributed by atoms with E-state index < -0.39 is 0 Å². The number of hydrogen-bond donors (Lipinski definition) is 2. The molecular formula is C22H32FIN4O. The second-order valence-corrected chi connectivity index (χ2v) is 8.61. The van der Waals surface area contributed by atoms with E-state index in [9.17, 15) is 9.18 Å². The SMILES string of the molecule is CN=C(NCC1(c2cccc(F)c2)CC1)NC1CCN(C(=O)C2CCCC2)C1.I. The van der Waals surface area contributed by atoms with Crippen LogP contribution in [-0.4, -0.2) is 49.5 Å². The molecule has 7 heteroatoms. The van der Waals surface area contributed by atoms with Crippen molar-refractivity contribution in [3.63, 3.8) is 0 Å². The molecule has 0 radical (unpaired) electrons. The van der Waals surface area contributed by atoms with Crippen LogP contribution in [0.2, 0.25) is 0 Å². The van der Waals surface area contributed by atoms with Crippen LogP contribution in [0, 0.1) is 11.7 Å². The molecule has 1 unspecified atom stereocenters. The molecule has 1 aromatic carbocycles. The van der Waals surface area contributed by atoms with E-state index in [1.807, 2.05) is 11.0 Å². The van der Waals surface area contributed by atoms with Crippen LogP contribution < -0.4 is 10.6 Å². The molecular weight excluding hydrogens is 482 g/mol. The Balaban J connectivity index is 0.00000240. The zero-order valence-corrected chi connectivity index (χ0v) is 19.5. The van der Waals surface area contributed by atoms with Crippen LogP contribution in [0.3, 0.4) is 0 Å². The number of nitrogens with one attached hydrogen (secondary N) is 2. The first-order chi connectivity index (χ1) is 13.6. The first-order valence-corrected chi connectivity index (χ1v) is 10.6. The number of benzene rings is 1. The molecule has 1 aliphatic heterocycles. The molecule has 5 nitrogen and oxygen atoms in total. The van der Waals surface area contributed by atoms with Crippen LogP contribution in [0.1, 0.15) is 50.5 Å². The average molecular weight is 514 g/mol. The van der Waals surface area contributed by atoms with Gasteiger partial charge in [0.1, 0.15) is 5.82 Å². The molecule has 3 aliphatic rings. The van der Waals surface area contributed by atoms with Gasteiger partial charge in [0, 0.05) is 44.1 Å². The molecule has 1 aromatic rings. The number of carbonyl (C=O) groups excluding carboxylic acids is 1. The summed E-state index contributed by atoms with van der Waals surface area (Å²) in [6.07, 6.45) is 7.57. The van der Waals surface area contributed by atoms with Crippen LogP contribution in [-0.2, 0) is 10.2 Å². The van der Waals surface area contributed by atoms with Gasteiger partial charge in [-0.15, -0.1) is 24.0 Å². The molecule has 0 aromatic heterocycles. The second kappa shape index (κ2) is 9.62. The highest BCUT2D eigenvalue weighted by Crippen LogP contribution is 2.47. The molecule has 1 amide bonds. The van der Waals surface area contributed by atoms with Gasteiger partial charge >= 0.3 is 0 Å². The third-order valence-electron chi connectivity index (χ3n) is 6.65. The lowest BCUT2D eigenvalue weighted by Crippen LogP contribution is -2.47. The Bertz CT molecular complexity index is 746. The third-order valence-corrected chi connectivity index (χ3v) is 6.65. The number of nitrogens with zero attached hydrogens (tertiary/aromatic N) is 2. The van der Waals surface area contributed by atoms with Crippen molar-refractivity contribution in [3.8, 4) is 0 Å². The molecule has 1 saturated heterocycles. The Morgan fingerprint density at radius 3 is 2.69 bits per heavy atom. The van der Waals surface area contributed by atoms with Gasteiger partial charge < -0.3 is 15.5 Å². The summed E-state index contributed by atoms with van der Waals surface area (Å²) >= 11 is 0. The molecule has 2 aliphatic carbocycles. The van der Waals surface area contributed by atoms with Crippen molar-refractivity contribution in [2.24, 2.45) is 10.9 Å². The van der Waals surface area contributed by atoms with E-state index in [0.717, 1.165) is 63.3 Å². The number of guanidine groups is 1. The largest absolute Gasteiger partial charge is 0.356 e. The van der Waals surface area contributed by atoms with Crippen molar-refractivity contribution >= 4 is 35.8 Å². The Morgan fingerprint density at radius 1 is 1.28 bits per heavy atom. The van der Waals surface area contributed by atoms with E-state index in [-0.39, 0.29) is 47.2 Å². The van der Waals surface area contributed by atoms with Gasteiger partial charge in [-0.3, -0.25) is 9.79 Å². The summed E-state index contributed by atoms with van der Waals surface area (Å²) in [5, 5.41) is 6.90. The maximum absolute atomic E-state index is 13.6. The molecule has 0 bridgehead atoms. The van der Waals surface area contributed by atoms with Gasteiger partial charge in [-0.2, -0.15) is 0 Å². The zero-order valence-electron chi connectivity index (χ0n) is 17.1. The van der Waals surface area contributed by atoms with Gasteiger partial charge in [0.25, 0.3) is 0 Å². The highest BCUT2D eigenvalue weighted by atomic mass is 127. The van der Waals surface area contributed by atoms with Crippen LogP contribution in [0.15, 0.2) is 29.3 Å². The van der Waals surface area contributed by atoms with Gasteiger partial charge in [0.2, 0.25) is 5.91 Å². The predicted molar refractivity (Wildman–Crippen MR) is 124 cm³/mol. The first kappa shape index (κ1) is 22.3. The standard InChI is InChI=1S/C22H31FN4O.HI/c1-24-21(25-15-22(10-11-22)17-7-4-8-18(23)13-17)26-19-9-12-27(14-19)20(28)16-5-2-3-6-16;/h4,7-8,13,16,19H,2-3,5-6,9-12,14-15H2,1H3,(H2,24,25,26);1H. The van der Waals surface area contributed by atoms with Crippen molar-refractivity contribution in [3.05, 3.63) is 35.6 Å². The van der Waals surface area contributed by atoms with E-state index in [2.05, 4.69) is 15.6 Å². The quantitative estimate of drug-likeness (QED) is 0.360. The fourth-order valence-corrected chi connectivity index (χ4v) is 4.69. The second-order valence-electron chi connectivity index (χ2n) is 8.61. The third kappa shape index (κ3) is 5.22. The lowest BCUT2D eigenvalue weighted by molar-refractivity contribution is -0.134. The minimum absolute atomic E-state index is 0. The number of carbonyl (C=O) groups is 1. The number of likely N-dealkylation sites (tertiary alicyclic amines) is 1. The smallest absolute Gasteiger partial charge is 0.225 e. The highest BCUT2D eigenvalue weighted by molar-refractivity contribution is 14.0. The van der Waals surface area contributed by atoms with Gasteiger partial charge in [-0.1, -0.05) is 25.0 Å². The molecule has 2 saturated carbocycles. The Kier molecular flexibility index (Phi) is 7.40. The molecule has 1 atom stereocenters. The van der Waals surface area contributed by atoms with E-state index in [1.165, 1.54) is 18.9 Å². The fourth-order valence-electron chi connectivity index (χ4n) is 4.69. The normalized spacial score (nSPS) is 23.6. The number of rotatable bonds is 5. The maximum Gasteiger partial charge on any atom is 0.225 e. The van der Waals surface area contributed by atoms with Crippen molar-refractivity contribution in [1.29, 1.82) is 0 Å². The molecule has 0 spiro atoms. The molecule has 3 fully saturated rings. The summed E-state index contributed by atoms with van der Waals surface area (Å²) in [6.45, 7) is 2.33. The van der Waals surface area contributed by atoms with Gasteiger partial charge in [-0.25, -0.2) is 4.39 Å². The summed E-state index contributed by atoms with van der Waals surface area (Å²) in [5.41, 5.74) is 1.07. The Labute approximate surface area is 189 Å². The topological polar surface area (TPSA) is 56.7 Å². The first-order valence-electron chi connectivity index (χ1n) is 10.6. The fraction of sp³-hybridized carbons (Fsp3) is 0.636. The van der Waals surface area contributed by atoms with Crippen LogP contribution in [0.25, 0.3) is 0 Å². The molecule has 2 N–H and O–H groups in total. The van der Waals surface area contributed by atoms with Crippen LogP contribution in [0.5, 0.6) is 0 Å². The van der Waals surface area contributed by atoms with Gasteiger partial charge in [0.05, 0.1) is 0 Å². The molecule has 160 valence electrons. The summed E-state index contributed by atoms with van der Waals surface area (Å²) < 4.78 is 13.6. The number of aliphatic imine (C=N–C) groups is 1. The van der Waals surface area contributed by atoms with Crippen molar-refractivity contribution in [1.82, 2.24) is 15.5 Å². The minimum Gasteiger partial charge on any atom is -0.356 e. The van der Waals surface area contributed by atoms with Crippen molar-refractivity contribution in [2.75, 3.05) is 26.7 Å². The molecule has 29 heavy (non-hydrogen) atoms. The number of halogens is 2. The van der Waals surface area contributed by atoms with E-state index in [4.69, 9.17) is 0 Å². The number of hydrogen-bond acceptors (Lipinski definition) is 2. The van der Waals surface area contributed by atoms with Crippen LogP contribution >= 0.6 is 24.0 Å². The summed E-state index contributed by atoms with van der Waals surface area (Å²) in [7, 11) is 1.77. The summed E-state index contributed by atoms with van der Waals surface area (Å²) in [6, 6.07) is 7.17. The van der Waals surface area contributed by atoms with E-state index >= 15 is 0 Å². The monoisotopic (exact) mass is 514 g/mol. The zero-order chi connectivity index (χ0) is 19.6. The van der Waals surface area contributed by atoms with E-state index in [1.54, 1.807) is 19.2 Å². The Hall–Kier alpha value is -1.38. The summed E-state index contributed by atoms with van der Waals surface area (Å²) in [5.74, 6) is 1.18. The molecule has 4 rings (SSSR count). The summed E-state index contributed by atoms with van der Waals surface area (Å²) in [4.78, 5) is 19.0. The lowest BCUT2D eigenvalue weighted by atomic mass is 9.96. The highest BCUT2D eigenvalue weighted by Gasteiger charge is 2.44. The average Bonchev–Trinajstić information content (AvgIpc) is 3.09. The number of amides is 1. The van der Waals surface area contributed by atoms with Gasteiger partial charge in [0.15, 0.2) is 5.96 Å². The van der Waals surface area contributed by atoms with Crippen molar-refractivity contribution < 1.29 is 9.18 Å². The van der Waals surface area contributed by atoms with Crippen molar-refractivity contribution in [2.45, 2.75) is 56.4 Å². The van der Waals surface area contributed by atoms with Gasteiger partial charge in [-0.05, 0) is 49.8 Å². The predicted octanol–water partition coefficient (Wildman–Crippen LogP) is 3.43. The lowest BCUT2D eigenvalue weighted by Gasteiger charge is -2.23. The Morgan fingerprint density at radius 2 is 2.03 bits per heavy atom.